The molecule has 134 valence electrons. The van der Waals surface area contributed by atoms with E-state index in [1.807, 2.05) is 19.1 Å². The number of benzene rings is 3. The van der Waals surface area contributed by atoms with Gasteiger partial charge in [-0.25, -0.2) is 4.39 Å². The predicted molar refractivity (Wildman–Crippen MR) is 100 cm³/mol. The first-order valence-corrected chi connectivity index (χ1v) is 8.31. The second kappa shape index (κ2) is 6.57. The fourth-order valence-electron chi connectivity index (χ4n) is 2.86. The third kappa shape index (κ3) is 3.25. The molecule has 0 bridgehead atoms. The Labute approximate surface area is 154 Å². The average Bonchev–Trinajstić information content (AvgIpc) is 2.78. The molecule has 1 aliphatic heterocycles. The smallest absolute Gasteiger partial charge is 0.259 e. The van der Waals surface area contributed by atoms with Crippen LogP contribution in [0.2, 0.25) is 0 Å². The summed E-state index contributed by atoms with van der Waals surface area (Å²) in [4.78, 5) is 24.9. The van der Waals surface area contributed by atoms with Gasteiger partial charge in [-0.2, -0.15) is 0 Å². The van der Waals surface area contributed by atoms with Gasteiger partial charge in [-0.1, -0.05) is 18.2 Å². The van der Waals surface area contributed by atoms with E-state index in [9.17, 15) is 14.0 Å². The van der Waals surface area contributed by atoms with E-state index in [4.69, 9.17) is 4.74 Å². The Morgan fingerprint density at radius 2 is 1.81 bits per heavy atom. The molecular formula is C21H15FN2O3. The van der Waals surface area contributed by atoms with Gasteiger partial charge in [0.2, 0.25) is 0 Å². The lowest BCUT2D eigenvalue weighted by Gasteiger charge is -2.10. The maximum Gasteiger partial charge on any atom is 0.259 e. The molecule has 3 aromatic rings. The predicted octanol–water partition coefficient (Wildman–Crippen LogP) is 4.74. The number of fused-ring (bicyclic) bond motifs is 2. The van der Waals surface area contributed by atoms with Gasteiger partial charge in [0.05, 0.1) is 16.8 Å². The summed E-state index contributed by atoms with van der Waals surface area (Å²) in [5.41, 5.74) is 2.13. The maximum absolute atomic E-state index is 13.8. The number of aryl methyl sites for hydroxylation is 1. The summed E-state index contributed by atoms with van der Waals surface area (Å²) in [6.45, 7) is 1.92. The van der Waals surface area contributed by atoms with E-state index in [0.717, 1.165) is 5.56 Å². The molecule has 0 spiro atoms. The Bertz CT molecular complexity index is 1080. The Morgan fingerprint density at radius 1 is 1.04 bits per heavy atom. The lowest BCUT2D eigenvalue weighted by atomic mass is 10.1. The minimum atomic E-state index is -0.614. The molecule has 0 aliphatic carbocycles. The second-order valence-electron chi connectivity index (χ2n) is 6.20. The second-order valence-corrected chi connectivity index (χ2v) is 6.20. The molecule has 1 heterocycles. The highest BCUT2D eigenvalue weighted by Crippen LogP contribution is 2.37. The lowest BCUT2D eigenvalue weighted by Crippen LogP contribution is -2.15. The summed E-state index contributed by atoms with van der Waals surface area (Å²) in [6.07, 6.45) is 0. The molecular weight excluding hydrogens is 347 g/mol. The Balaban J connectivity index is 1.64. The minimum Gasteiger partial charge on any atom is -0.454 e. The van der Waals surface area contributed by atoms with Crippen LogP contribution in [0.25, 0.3) is 0 Å². The van der Waals surface area contributed by atoms with E-state index >= 15 is 0 Å². The molecule has 0 saturated heterocycles. The van der Waals surface area contributed by atoms with Crippen molar-refractivity contribution in [3.63, 3.8) is 0 Å². The summed E-state index contributed by atoms with van der Waals surface area (Å²) in [6, 6.07) is 15.9. The summed E-state index contributed by atoms with van der Waals surface area (Å²) in [5, 5.41) is 5.41. The molecule has 5 nitrogen and oxygen atoms in total. The van der Waals surface area contributed by atoms with Crippen LogP contribution in [-0.4, -0.2) is 11.8 Å². The van der Waals surface area contributed by atoms with E-state index in [1.165, 1.54) is 24.3 Å². The van der Waals surface area contributed by atoms with Crippen LogP contribution < -0.4 is 15.4 Å². The van der Waals surface area contributed by atoms with Crippen molar-refractivity contribution >= 4 is 23.2 Å². The third-order valence-corrected chi connectivity index (χ3v) is 4.20. The number of hydrogen-bond acceptors (Lipinski definition) is 3. The molecule has 6 heteroatoms. The van der Waals surface area contributed by atoms with Gasteiger partial charge in [-0.3, -0.25) is 9.59 Å². The largest absolute Gasteiger partial charge is 0.454 e. The van der Waals surface area contributed by atoms with E-state index in [0.29, 0.717) is 22.9 Å². The van der Waals surface area contributed by atoms with Crippen LogP contribution in [0.3, 0.4) is 0 Å². The molecule has 0 unspecified atom stereocenters. The standard InChI is InChI=1S/C21H15FN2O3/c1-12-6-8-19-17(10-12)24-21(26)15-11-13(7-9-18(15)27-19)23-20(25)14-4-2-3-5-16(14)22/h2-11H,1H3,(H,23,25)(H,24,26). The van der Waals surface area contributed by atoms with Crippen molar-refractivity contribution in [2.75, 3.05) is 10.6 Å². The summed E-state index contributed by atoms with van der Waals surface area (Å²) in [7, 11) is 0. The van der Waals surface area contributed by atoms with Crippen LogP contribution in [0.4, 0.5) is 15.8 Å². The zero-order chi connectivity index (χ0) is 19.0. The van der Waals surface area contributed by atoms with Crippen molar-refractivity contribution in [3.05, 3.63) is 83.2 Å². The maximum atomic E-state index is 13.8. The van der Waals surface area contributed by atoms with Gasteiger partial charge in [0.1, 0.15) is 11.6 Å². The quantitative estimate of drug-likeness (QED) is 0.692. The molecule has 0 aromatic heterocycles. The van der Waals surface area contributed by atoms with Gasteiger partial charge in [0.15, 0.2) is 5.75 Å². The first kappa shape index (κ1) is 16.8. The highest BCUT2D eigenvalue weighted by Gasteiger charge is 2.22. The number of halogens is 1. The van der Waals surface area contributed by atoms with Crippen LogP contribution in [0.1, 0.15) is 26.3 Å². The number of rotatable bonds is 2. The Hall–Kier alpha value is -3.67. The Kier molecular flexibility index (Phi) is 4.08. The summed E-state index contributed by atoms with van der Waals surface area (Å²) >= 11 is 0. The van der Waals surface area contributed by atoms with E-state index in [1.54, 1.807) is 24.3 Å². The van der Waals surface area contributed by atoms with Crippen LogP contribution in [0.15, 0.2) is 60.7 Å². The topological polar surface area (TPSA) is 67.4 Å². The molecule has 2 amide bonds. The molecule has 4 rings (SSSR count). The number of carbonyl (C=O) groups excluding carboxylic acids is 2. The first-order chi connectivity index (χ1) is 13.0. The fraction of sp³-hybridized carbons (Fsp3) is 0.0476. The number of hydrogen-bond donors (Lipinski definition) is 2. The van der Waals surface area contributed by atoms with Crippen LogP contribution in [0, 0.1) is 12.7 Å². The third-order valence-electron chi connectivity index (χ3n) is 4.20. The lowest BCUT2D eigenvalue weighted by molar-refractivity contribution is 0.101. The summed E-state index contributed by atoms with van der Waals surface area (Å²) in [5.74, 6) is -0.648. The van der Waals surface area contributed by atoms with Gasteiger partial charge >= 0.3 is 0 Å². The Morgan fingerprint density at radius 3 is 2.63 bits per heavy atom. The average molecular weight is 362 g/mol. The van der Waals surface area contributed by atoms with Gasteiger partial charge in [0.25, 0.3) is 11.8 Å². The van der Waals surface area contributed by atoms with Crippen LogP contribution >= 0.6 is 0 Å². The van der Waals surface area contributed by atoms with E-state index < -0.39 is 11.7 Å². The van der Waals surface area contributed by atoms with Crippen LogP contribution in [0.5, 0.6) is 11.5 Å². The van der Waals surface area contributed by atoms with Crippen molar-refractivity contribution < 1.29 is 18.7 Å². The minimum absolute atomic E-state index is 0.0731. The molecule has 0 atom stereocenters. The highest BCUT2D eigenvalue weighted by atomic mass is 19.1. The van der Waals surface area contributed by atoms with Crippen molar-refractivity contribution in [2.45, 2.75) is 6.92 Å². The van der Waals surface area contributed by atoms with Crippen molar-refractivity contribution in [3.8, 4) is 11.5 Å². The number of amides is 2. The normalized spacial score (nSPS) is 12.1. The van der Waals surface area contributed by atoms with Gasteiger partial charge in [-0.05, 0) is 55.0 Å². The number of nitrogens with one attached hydrogen (secondary N) is 2. The van der Waals surface area contributed by atoms with Gasteiger partial charge < -0.3 is 15.4 Å². The molecule has 3 aromatic carbocycles. The van der Waals surface area contributed by atoms with Crippen molar-refractivity contribution in [2.24, 2.45) is 0 Å². The molecule has 0 fully saturated rings. The molecule has 27 heavy (non-hydrogen) atoms. The molecule has 0 radical (unpaired) electrons. The number of anilines is 2. The van der Waals surface area contributed by atoms with Crippen LogP contribution in [-0.2, 0) is 0 Å². The molecule has 1 aliphatic rings. The first-order valence-electron chi connectivity index (χ1n) is 8.31. The van der Waals surface area contributed by atoms with Gasteiger partial charge in [0, 0.05) is 5.69 Å². The zero-order valence-corrected chi connectivity index (χ0v) is 14.4. The van der Waals surface area contributed by atoms with Gasteiger partial charge in [-0.15, -0.1) is 0 Å². The number of ether oxygens (including phenoxy) is 1. The number of carbonyl (C=O) groups is 2. The van der Waals surface area contributed by atoms with Crippen molar-refractivity contribution in [1.29, 1.82) is 0 Å². The molecule has 2 N–H and O–H groups in total. The fourth-order valence-corrected chi connectivity index (χ4v) is 2.86. The van der Waals surface area contributed by atoms with E-state index in [-0.39, 0.29) is 17.0 Å². The monoisotopic (exact) mass is 362 g/mol. The zero-order valence-electron chi connectivity index (χ0n) is 14.4. The van der Waals surface area contributed by atoms with Crippen molar-refractivity contribution in [1.82, 2.24) is 0 Å². The SMILES string of the molecule is Cc1ccc2c(c1)NC(=O)c1cc(NC(=O)c3ccccc3F)ccc1O2. The van der Waals surface area contributed by atoms with E-state index in [2.05, 4.69) is 10.6 Å². The summed E-state index contributed by atoms with van der Waals surface area (Å²) < 4.78 is 19.6. The highest BCUT2D eigenvalue weighted by molar-refractivity contribution is 6.10. The molecule has 0 saturated carbocycles.